The fourth-order valence-electron chi connectivity index (χ4n) is 1.16. The molecule has 0 aliphatic carbocycles. The smallest absolute Gasteiger partial charge is 0.0696 e. The van der Waals surface area contributed by atoms with Gasteiger partial charge in [0.25, 0.3) is 0 Å². The van der Waals surface area contributed by atoms with Gasteiger partial charge in [-0.2, -0.15) is 0 Å². The van der Waals surface area contributed by atoms with Gasteiger partial charge in [0.15, 0.2) is 0 Å². The SMILES string of the molecule is CC(C)CCSc1ccc(CO)c(Cl)c1. The lowest BCUT2D eigenvalue weighted by Gasteiger charge is -2.06. The maximum atomic E-state index is 8.97. The van der Waals surface area contributed by atoms with Gasteiger partial charge in [0.1, 0.15) is 0 Å². The van der Waals surface area contributed by atoms with E-state index in [1.807, 2.05) is 30.0 Å². The highest BCUT2D eigenvalue weighted by Crippen LogP contribution is 2.26. The number of aliphatic hydroxyl groups excluding tert-OH is 1. The Morgan fingerprint density at radius 3 is 2.67 bits per heavy atom. The van der Waals surface area contributed by atoms with Gasteiger partial charge in [0, 0.05) is 9.92 Å². The van der Waals surface area contributed by atoms with E-state index in [1.54, 1.807) is 0 Å². The second-order valence-electron chi connectivity index (χ2n) is 3.94. The third-order valence-corrected chi connectivity index (χ3v) is 3.54. The van der Waals surface area contributed by atoms with Crippen molar-refractivity contribution in [2.45, 2.75) is 31.8 Å². The molecule has 84 valence electrons. The largest absolute Gasteiger partial charge is 0.392 e. The van der Waals surface area contributed by atoms with Crippen molar-refractivity contribution in [2.24, 2.45) is 5.92 Å². The summed E-state index contributed by atoms with van der Waals surface area (Å²) < 4.78 is 0. The van der Waals surface area contributed by atoms with Crippen LogP contribution in [0.25, 0.3) is 0 Å². The van der Waals surface area contributed by atoms with Crippen molar-refractivity contribution in [3.63, 3.8) is 0 Å². The van der Waals surface area contributed by atoms with Crippen LogP contribution in [0.2, 0.25) is 5.02 Å². The van der Waals surface area contributed by atoms with Crippen LogP contribution in [-0.2, 0) is 6.61 Å². The lowest BCUT2D eigenvalue weighted by Crippen LogP contribution is -1.90. The summed E-state index contributed by atoms with van der Waals surface area (Å²) in [5.41, 5.74) is 0.796. The van der Waals surface area contributed by atoms with Crippen LogP contribution in [0.3, 0.4) is 0 Å². The van der Waals surface area contributed by atoms with E-state index >= 15 is 0 Å². The molecule has 3 heteroatoms. The molecular weight excluding hydrogens is 228 g/mol. The summed E-state index contributed by atoms with van der Waals surface area (Å²) in [6.45, 7) is 4.46. The quantitative estimate of drug-likeness (QED) is 0.791. The van der Waals surface area contributed by atoms with Gasteiger partial charge in [-0.05, 0) is 35.8 Å². The molecule has 0 radical (unpaired) electrons. The van der Waals surface area contributed by atoms with Crippen molar-refractivity contribution in [3.05, 3.63) is 28.8 Å². The standard InChI is InChI=1S/C12H17ClOS/c1-9(2)5-6-15-11-4-3-10(8-14)12(13)7-11/h3-4,7,9,14H,5-6,8H2,1-2H3. The fourth-order valence-corrected chi connectivity index (χ4v) is 2.65. The summed E-state index contributed by atoms with van der Waals surface area (Å²) in [5, 5.41) is 9.63. The van der Waals surface area contributed by atoms with Crippen LogP contribution in [0.1, 0.15) is 25.8 Å². The molecule has 0 spiro atoms. The molecule has 0 atom stereocenters. The fraction of sp³-hybridized carbons (Fsp3) is 0.500. The van der Waals surface area contributed by atoms with Crippen LogP contribution in [0.4, 0.5) is 0 Å². The molecule has 0 aromatic heterocycles. The lowest BCUT2D eigenvalue weighted by molar-refractivity contribution is 0.282. The van der Waals surface area contributed by atoms with Crippen molar-refractivity contribution in [3.8, 4) is 0 Å². The monoisotopic (exact) mass is 244 g/mol. The topological polar surface area (TPSA) is 20.2 Å². The summed E-state index contributed by atoms with van der Waals surface area (Å²) in [4.78, 5) is 1.18. The third kappa shape index (κ3) is 4.45. The Morgan fingerprint density at radius 1 is 1.40 bits per heavy atom. The number of hydrogen-bond acceptors (Lipinski definition) is 2. The minimum atomic E-state index is 0.00970. The first-order valence-electron chi connectivity index (χ1n) is 5.15. The van der Waals surface area contributed by atoms with E-state index in [0.29, 0.717) is 5.02 Å². The first-order valence-corrected chi connectivity index (χ1v) is 6.52. The van der Waals surface area contributed by atoms with Crippen LogP contribution in [0.15, 0.2) is 23.1 Å². The summed E-state index contributed by atoms with van der Waals surface area (Å²) in [6.07, 6.45) is 1.21. The molecule has 0 aliphatic rings. The molecule has 0 amide bonds. The average molecular weight is 245 g/mol. The van der Waals surface area contributed by atoms with Crippen LogP contribution in [0, 0.1) is 5.92 Å². The zero-order chi connectivity index (χ0) is 11.3. The highest BCUT2D eigenvalue weighted by Gasteiger charge is 2.02. The summed E-state index contributed by atoms with van der Waals surface area (Å²) in [6, 6.07) is 5.83. The van der Waals surface area contributed by atoms with E-state index < -0.39 is 0 Å². The van der Waals surface area contributed by atoms with E-state index in [0.717, 1.165) is 17.2 Å². The maximum absolute atomic E-state index is 8.97. The van der Waals surface area contributed by atoms with E-state index in [1.165, 1.54) is 11.3 Å². The molecule has 0 bridgehead atoms. The Morgan fingerprint density at radius 2 is 2.13 bits per heavy atom. The molecular formula is C12H17ClOS. The number of hydrogen-bond donors (Lipinski definition) is 1. The molecule has 1 aromatic carbocycles. The number of aliphatic hydroxyl groups is 1. The first-order chi connectivity index (χ1) is 7.13. The van der Waals surface area contributed by atoms with Crippen molar-refractivity contribution in [1.82, 2.24) is 0 Å². The van der Waals surface area contributed by atoms with Crippen molar-refractivity contribution >= 4 is 23.4 Å². The first kappa shape index (κ1) is 12.9. The second kappa shape index (κ2) is 6.41. The number of halogens is 1. The van der Waals surface area contributed by atoms with E-state index in [4.69, 9.17) is 16.7 Å². The van der Waals surface area contributed by atoms with Gasteiger partial charge in [-0.1, -0.05) is 31.5 Å². The Kier molecular flexibility index (Phi) is 5.51. The van der Waals surface area contributed by atoms with Crippen molar-refractivity contribution < 1.29 is 5.11 Å². The molecule has 0 saturated carbocycles. The van der Waals surface area contributed by atoms with Gasteiger partial charge in [0.2, 0.25) is 0 Å². The van der Waals surface area contributed by atoms with Crippen LogP contribution in [-0.4, -0.2) is 10.9 Å². The Hall–Kier alpha value is -0.180. The van der Waals surface area contributed by atoms with Gasteiger partial charge in [-0.15, -0.1) is 11.8 Å². The molecule has 15 heavy (non-hydrogen) atoms. The third-order valence-electron chi connectivity index (χ3n) is 2.16. The zero-order valence-electron chi connectivity index (χ0n) is 9.16. The molecule has 0 saturated heterocycles. The number of thioether (sulfide) groups is 1. The Balaban J connectivity index is 2.52. The molecule has 0 heterocycles. The predicted molar refractivity (Wildman–Crippen MR) is 67.6 cm³/mol. The van der Waals surface area contributed by atoms with Gasteiger partial charge >= 0.3 is 0 Å². The summed E-state index contributed by atoms with van der Waals surface area (Å²) >= 11 is 7.81. The average Bonchev–Trinajstić information content (AvgIpc) is 2.17. The van der Waals surface area contributed by atoms with Gasteiger partial charge in [-0.25, -0.2) is 0 Å². The minimum Gasteiger partial charge on any atom is -0.392 e. The molecule has 0 unspecified atom stereocenters. The second-order valence-corrected chi connectivity index (χ2v) is 5.52. The summed E-state index contributed by atoms with van der Waals surface area (Å²) in [5.74, 6) is 1.86. The van der Waals surface area contributed by atoms with Crippen LogP contribution >= 0.6 is 23.4 Å². The van der Waals surface area contributed by atoms with E-state index in [-0.39, 0.29) is 6.61 Å². The van der Waals surface area contributed by atoms with E-state index in [9.17, 15) is 0 Å². The highest BCUT2D eigenvalue weighted by atomic mass is 35.5. The van der Waals surface area contributed by atoms with Crippen LogP contribution in [0.5, 0.6) is 0 Å². The lowest BCUT2D eigenvalue weighted by atomic mass is 10.2. The van der Waals surface area contributed by atoms with Gasteiger partial charge in [-0.3, -0.25) is 0 Å². The van der Waals surface area contributed by atoms with Crippen LogP contribution < -0.4 is 0 Å². The molecule has 1 rings (SSSR count). The predicted octanol–water partition coefficient (Wildman–Crippen LogP) is 3.97. The summed E-state index contributed by atoms with van der Waals surface area (Å²) in [7, 11) is 0. The molecule has 1 N–H and O–H groups in total. The molecule has 0 fully saturated rings. The Bertz CT molecular complexity index is 312. The zero-order valence-corrected chi connectivity index (χ0v) is 10.7. The highest BCUT2D eigenvalue weighted by molar-refractivity contribution is 7.99. The molecule has 0 aliphatic heterocycles. The van der Waals surface area contributed by atoms with Crippen molar-refractivity contribution in [1.29, 1.82) is 0 Å². The number of benzene rings is 1. The minimum absolute atomic E-state index is 0.00970. The molecule has 1 aromatic rings. The number of rotatable bonds is 5. The van der Waals surface area contributed by atoms with E-state index in [2.05, 4.69) is 13.8 Å². The van der Waals surface area contributed by atoms with Gasteiger partial charge in [0.05, 0.1) is 6.61 Å². The normalized spacial score (nSPS) is 11.0. The maximum Gasteiger partial charge on any atom is 0.0696 e. The Labute approximate surface area is 101 Å². The van der Waals surface area contributed by atoms with Crippen molar-refractivity contribution in [2.75, 3.05) is 5.75 Å². The van der Waals surface area contributed by atoms with Gasteiger partial charge < -0.3 is 5.11 Å². The molecule has 1 nitrogen and oxygen atoms in total.